The van der Waals surface area contributed by atoms with Crippen molar-refractivity contribution >= 4 is 11.9 Å². The molecule has 2 unspecified atom stereocenters. The SMILES string of the molecule is COc1cc2c(c(OC)c1OC)C=NC(N(C)Cc1cccc(C(C)N(C)C)c1)N2. The second kappa shape index (κ2) is 9.36. The molecule has 2 atom stereocenters. The standard InChI is InChI=1S/C23H32N4O3/c1-15(26(2)3)17-10-8-9-16(11-17)14-27(4)23-24-13-18-19(25-23)12-20(28-5)22(30-7)21(18)29-6/h8-13,15,23,25H,14H2,1-7H3. The van der Waals surface area contributed by atoms with Crippen LogP contribution in [0.3, 0.4) is 0 Å². The first kappa shape index (κ1) is 21.9. The van der Waals surface area contributed by atoms with Gasteiger partial charge in [-0.15, -0.1) is 0 Å². The molecule has 7 heteroatoms. The molecule has 0 radical (unpaired) electrons. The molecule has 0 amide bonds. The minimum Gasteiger partial charge on any atom is -0.493 e. The Bertz CT molecular complexity index is 914. The predicted octanol–water partition coefficient (Wildman–Crippen LogP) is 3.60. The van der Waals surface area contributed by atoms with Gasteiger partial charge >= 0.3 is 0 Å². The molecule has 7 nitrogen and oxygen atoms in total. The number of ether oxygens (including phenoxy) is 3. The largest absolute Gasteiger partial charge is 0.493 e. The molecular formula is C23H32N4O3. The van der Waals surface area contributed by atoms with Gasteiger partial charge in [-0.1, -0.05) is 24.3 Å². The Labute approximate surface area is 179 Å². The number of nitrogens with zero attached hydrogens (tertiary/aromatic N) is 3. The predicted molar refractivity (Wildman–Crippen MR) is 121 cm³/mol. The molecule has 0 bridgehead atoms. The Morgan fingerprint density at radius 1 is 1.03 bits per heavy atom. The second-order valence-corrected chi connectivity index (χ2v) is 7.70. The normalized spacial score (nSPS) is 16.2. The molecule has 1 aliphatic rings. The van der Waals surface area contributed by atoms with E-state index >= 15 is 0 Å². The van der Waals surface area contributed by atoms with Crippen molar-refractivity contribution in [2.75, 3.05) is 47.8 Å². The molecule has 0 saturated carbocycles. The Hall–Kier alpha value is -2.77. The van der Waals surface area contributed by atoms with Crippen molar-refractivity contribution in [1.29, 1.82) is 0 Å². The first-order chi connectivity index (χ1) is 14.4. The van der Waals surface area contributed by atoms with Crippen LogP contribution in [0.25, 0.3) is 0 Å². The van der Waals surface area contributed by atoms with E-state index in [0.29, 0.717) is 23.3 Å². The van der Waals surface area contributed by atoms with E-state index < -0.39 is 0 Å². The van der Waals surface area contributed by atoms with Crippen LogP contribution in [0.15, 0.2) is 35.3 Å². The highest BCUT2D eigenvalue weighted by Gasteiger charge is 2.25. The summed E-state index contributed by atoms with van der Waals surface area (Å²) < 4.78 is 16.5. The Balaban J connectivity index is 1.81. The highest BCUT2D eigenvalue weighted by molar-refractivity contribution is 5.95. The summed E-state index contributed by atoms with van der Waals surface area (Å²) in [5.41, 5.74) is 4.29. The van der Waals surface area contributed by atoms with Crippen LogP contribution in [0.2, 0.25) is 0 Å². The minimum absolute atomic E-state index is 0.199. The summed E-state index contributed by atoms with van der Waals surface area (Å²) in [6.07, 6.45) is 1.63. The van der Waals surface area contributed by atoms with Crippen molar-refractivity contribution in [1.82, 2.24) is 9.80 Å². The van der Waals surface area contributed by atoms with E-state index in [1.165, 1.54) is 11.1 Å². The molecule has 30 heavy (non-hydrogen) atoms. The molecular weight excluding hydrogens is 380 g/mol. The van der Waals surface area contributed by atoms with E-state index in [-0.39, 0.29) is 6.29 Å². The van der Waals surface area contributed by atoms with Crippen molar-refractivity contribution in [2.24, 2.45) is 4.99 Å². The molecule has 2 aromatic rings. The second-order valence-electron chi connectivity index (χ2n) is 7.70. The maximum atomic E-state index is 5.57. The Morgan fingerprint density at radius 3 is 2.40 bits per heavy atom. The van der Waals surface area contributed by atoms with Crippen LogP contribution in [-0.4, -0.2) is 64.8 Å². The fraction of sp³-hybridized carbons (Fsp3) is 0.435. The molecule has 1 N–H and O–H groups in total. The lowest BCUT2D eigenvalue weighted by molar-refractivity contribution is 0.262. The molecule has 3 rings (SSSR count). The highest BCUT2D eigenvalue weighted by Crippen LogP contribution is 2.44. The van der Waals surface area contributed by atoms with Crippen molar-refractivity contribution in [3.05, 3.63) is 47.0 Å². The van der Waals surface area contributed by atoms with Crippen LogP contribution < -0.4 is 19.5 Å². The van der Waals surface area contributed by atoms with Gasteiger partial charge in [0.05, 0.1) is 32.6 Å². The lowest BCUT2D eigenvalue weighted by atomic mass is 10.0. The topological polar surface area (TPSA) is 58.6 Å². The lowest BCUT2D eigenvalue weighted by Crippen LogP contribution is -2.38. The average molecular weight is 413 g/mol. The zero-order valence-electron chi connectivity index (χ0n) is 18.9. The third-order valence-electron chi connectivity index (χ3n) is 5.56. The Morgan fingerprint density at radius 2 is 1.77 bits per heavy atom. The highest BCUT2D eigenvalue weighted by atomic mass is 16.5. The maximum Gasteiger partial charge on any atom is 0.204 e. The number of benzene rings is 2. The maximum absolute atomic E-state index is 5.57. The number of aliphatic imine (C=N–C) groups is 1. The molecule has 2 aromatic carbocycles. The quantitative estimate of drug-likeness (QED) is 0.715. The summed E-state index contributed by atoms with van der Waals surface area (Å²) in [6, 6.07) is 11.0. The summed E-state index contributed by atoms with van der Waals surface area (Å²) >= 11 is 0. The molecule has 1 heterocycles. The van der Waals surface area contributed by atoms with E-state index in [4.69, 9.17) is 19.2 Å². The number of rotatable bonds is 8. The van der Waals surface area contributed by atoms with Crippen LogP contribution in [0.1, 0.15) is 29.7 Å². The number of hydrogen-bond donors (Lipinski definition) is 1. The van der Waals surface area contributed by atoms with Gasteiger partial charge in [-0.3, -0.25) is 9.89 Å². The summed E-state index contributed by atoms with van der Waals surface area (Å²) in [5, 5.41) is 3.48. The van der Waals surface area contributed by atoms with Gasteiger partial charge in [-0.05, 0) is 39.2 Å². The van der Waals surface area contributed by atoms with E-state index in [1.807, 2.05) is 12.3 Å². The summed E-state index contributed by atoms with van der Waals surface area (Å²) in [4.78, 5) is 9.08. The lowest BCUT2D eigenvalue weighted by Gasteiger charge is -2.31. The van der Waals surface area contributed by atoms with Gasteiger partial charge in [0.25, 0.3) is 0 Å². The van der Waals surface area contributed by atoms with Crippen molar-refractivity contribution in [3.8, 4) is 17.2 Å². The Kier molecular flexibility index (Phi) is 6.84. The third kappa shape index (κ3) is 4.37. The van der Waals surface area contributed by atoms with Gasteiger partial charge in [0.1, 0.15) is 0 Å². The van der Waals surface area contributed by atoms with Gasteiger partial charge in [-0.2, -0.15) is 0 Å². The van der Waals surface area contributed by atoms with Gasteiger partial charge in [0.2, 0.25) is 5.75 Å². The van der Waals surface area contributed by atoms with Crippen LogP contribution in [-0.2, 0) is 6.54 Å². The number of methoxy groups -OCH3 is 3. The molecule has 162 valence electrons. The molecule has 0 aromatic heterocycles. The number of hydrogen-bond acceptors (Lipinski definition) is 7. The zero-order valence-corrected chi connectivity index (χ0v) is 18.9. The first-order valence-electron chi connectivity index (χ1n) is 9.97. The van der Waals surface area contributed by atoms with Crippen LogP contribution in [0, 0.1) is 0 Å². The van der Waals surface area contributed by atoms with Crippen molar-refractivity contribution < 1.29 is 14.2 Å². The zero-order chi connectivity index (χ0) is 21.8. The smallest absolute Gasteiger partial charge is 0.204 e. The fourth-order valence-corrected chi connectivity index (χ4v) is 3.60. The van der Waals surface area contributed by atoms with E-state index in [2.05, 4.69) is 67.4 Å². The number of nitrogens with one attached hydrogen (secondary N) is 1. The monoisotopic (exact) mass is 412 g/mol. The van der Waals surface area contributed by atoms with Gasteiger partial charge in [-0.25, -0.2) is 0 Å². The van der Waals surface area contributed by atoms with Crippen molar-refractivity contribution in [2.45, 2.75) is 25.8 Å². The molecule has 0 saturated heterocycles. The number of anilines is 1. The van der Waals surface area contributed by atoms with Crippen LogP contribution in [0.5, 0.6) is 17.2 Å². The van der Waals surface area contributed by atoms with Crippen LogP contribution in [0.4, 0.5) is 5.69 Å². The van der Waals surface area contributed by atoms with Gasteiger partial charge in [0.15, 0.2) is 17.8 Å². The molecule has 0 fully saturated rings. The number of fused-ring (bicyclic) bond motifs is 1. The summed E-state index contributed by atoms with van der Waals surface area (Å²) in [5.74, 6) is 1.78. The van der Waals surface area contributed by atoms with Gasteiger partial charge < -0.3 is 24.4 Å². The third-order valence-corrected chi connectivity index (χ3v) is 5.56. The van der Waals surface area contributed by atoms with Crippen LogP contribution >= 0.6 is 0 Å². The minimum atomic E-state index is -0.199. The summed E-state index contributed by atoms with van der Waals surface area (Å²) in [7, 11) is 11.1. The van der Waals surface area contributed by atoms with Crippen molar-refractivity contribution in [3.63, 3.8) is 0 Å². The first-order valence-corrected chi connectivity index (χ1v) is 9.97. The van der Waals surface area contributed by atoms with E-state index in [1.54, 1.807) is 21.3 Å². The summed E-state index contributed by atoms with van der Waals surface area (Å²) in [6.45, 7) is 2.98. The fourth-order valence-electron chi connectivity index (χ4n) is 3.60. The molecule has 1 aliphatic heterocycles. The van der Waals surface area contributed by atoms with E-state index in [9.17, 15) is 0 Å². The van der Waals surface area contributed by atoms with Gasteiger partial charge in [0, 0.05) is 24.9 Å². The molecule has 0 spiro atoms. The van der Waals surface area contributed by atoms with E-state index in [0.717, 1.165) is 17.8 Å². The average Bonchev–Trinajstić information content (AvgIpc) is 2.76. The molecule has 0 aliphatic carbocycles.